The number of benzene rings is 1. The number of halogens is 2. The van der Waals surface area contributed by atoms with Crippen LogP contribution in [0.2, 0.25) is 0 Å². The van der Waals surface area contributed by atoms with Crippen LogP contribution in [0.3, 0.4) is 0 Å². The highest BCUT2D eigenvalue weighted by Crippen LogP contribution is 2.23. The molecule has 1 aliphatic rings. The van der Waals surface area contributed by atoms with Gasteiger partial charge in [-0.2, -0.15) is 0 Å². The molecule has 1 aromatic carbocycles. The Morgan fingerprint density at radius 3 is 2.50 bits per heavy atom. The van der Waals surface area contributed by atoms with E-state index in [2.05, 4.69) is 0 Å². The third kappa shape index (κ3) is 2.78. The van der Waals surface area contributed by atoms with Gasteiger partial charge in [0.05, 0.1) is 0 Å². The van der Waals surface area contributed by atoms with E-state index in [1.165, 1.54) is 0 Å². The van der Waals surface area contributed by atoms with Crippen LogP contribution >= 0.6 is 0 Å². The Morgan fingerprint density at radius 1 is 1.19 bits per heavy atom. The molecular weight excluding hydrogens is 214 g/mol. The van der Waals surface area contributed by atoms with Gasteiger partial charge in [0, 0.05) is 31.0 Å². The van der Waals surface area contributed by atoms with Gasteiger partial charge in [-0.25, -0.2) is 8.78 Å². The Balaban J connectivity index is 2.05. The minimum absolute atomic E-state index is 0.146. The zero-order valence-corrected chi connectivity index (χ0v) is 8.71. The van der Waals surface area contributed by atoms with Crippen molar-refractivity contribution in [1.29, 1.82) is 0 Å². The van der Waals surface area contributed by atoms with Gasteiger partial charge in [0.15, 0.2) is 0 Å². The van der Waals surface area contributed by atoms with E-state index in [4.69, 9.17) is 4.74 Å². The standard InChI is InChI=1S/C12H12F2O2/c13-8-4-9(14)6-12(5-8)16-11-3-1-2-10(15)7-11/h4-6,11H,1-3,7H2. The normalized spacial score (nSPS) is 20.9. The molecule has 0 amide bonds. The fourth-order valence-electron chi connectivity index (χ4n) is 1.87. The average Bonchev–Trinajstić information content (AvgIpc) is 2.15. The van der Waals surface area contributed by atoms with Crippen LogP contribution in [-0.2, 0) is 4.79 Å². The number of Topliss-reactive ketones (excluding diaryl/α,β-unsaturated/α-hetero) is 1. The Kier molecular flexibility index (Phi) is 3.17. The van der Waals surface area contributed by atoms with Crippen LogP contribution in [-0.4, -0.2) is 11.9 Å². The van der Waals surface area contributed by atoms with E-state index < -0.39 is 11.6 Å². The molecule has 0 aromatic heterocycles. The lowest BCUT2D eigenvalue weighted by molar-refractivity contribution is -0.122. The smallest absolute Gasteiger partial charge is 0.136 e. The lowest BCUT2D eigenvalue weighted by Crippen LogP contribution is -2.25. The largest absolute Gasteiger partial charge is 0.490 e. The van der Waals surface area contributed by atoms with Crippen LogP contribution in [0.25, 0.3) is 0 Å². The first-order chi connectivity index (χ1) is 7.63. The van der Waals surface area contributed by atoms with Crippen molar-refractivity contribution < 1.29 is 18.3 Å². The highest BCUT2D eigenvalue weighted by Gasteiger charge is 2.21. The molecular formula is C12H12F2O2. The van der Waals surface area contributed by atoms with Crippen molar-refractivity contribution in [2.24, 2.45) is 0 Å². The number of ether oxygens (including phenoxy) is 1. The van der Waals surface area contributed by atoms with Crippen LogP contribution < -0.4 is 4.74 Å². The molecule has 16 heavy (non-hydrogen) atoms. The summed E-state index contributed by atoms with van der Waals surface area (Å²) in [6.45, 7) is 0. The van der Waals surface area contributed by atoms with Gasteiger partial charge in [0.25, 0.3) is 0 Å². The zero-order chi connectivity index (χ0) is 11.5. The Hall–Kier alpha value is -1.45. The van der Waals surface area contributed by atoms with Crippen molar-refractivity contribution in [3.05, 3.63) is 29.8 Å². The molecule has 1 saturated carbocycles. The molecule has 4 heteroatoms. The molecule has 0 bridgehead atoms. The Bertz CT molecular complexity index is 384. The molecule has 86 valence electrons. The Labute approximate surface area is 92.2 Å². The molecule has 0 saturated heterocycles. The molecule has 1 fully saturated rings. The molecule has 2 rings (SSSR count). The second-order valence-corrected chi connectivity index (χ2v) is 3.98. The zero-order valence-electron chi connectivity index (χ0n) is 8.71. The van der Waals surface area contributed by atoms with Crippen molar-refractivity contribution in [3.8, 4) is 5.75 Å². The minimum atomic E-state index is -0.669. The molecule has 0 spiro atoms. The van der Waals surface area contributed by atoms with E-state index in [0.717, 1.165) is 31.0 Å². The minimum Gasteiger partial charge on any atom is -0.490 e. The molecule has 2 nitrogen and oxygen atoms in total. The molecule has 0 heterocycles. The second kappa shape index (κ2) is 4.60. The van der Waals surface area contributed by atoms with Gasteiger partial charge in [-0.3, -0.25) is 4.79 Å². The lowest BCUT2D eigenvalue weighted by Gasteiger charge is -2.22. The van der Waals surface area contributed by atoms with Crippen molar-refractivity contribution in [1.82, 2.24) is 0 Å². The predicted molar refractivity (Wildman–Crippen MR) is 54.2 cm³/mol. The summed E-state index contributed by atoms with van der Waals surface area (Å²) in [5.41, 5.74) is 0. The monoisotopic (exact) mass is 226 g/mol. The van der Waals surface area contributed by atoms with Crippen molar-refractivity contribution in [2.75, 3.05) is 0 Å². The first kappa shape index (κ1) is 11.0. The maximum Gasteiger partial charge on any atom is 0.136 e. The summed E-state index contributed by atoms with van der Waals surface area (Å²) in [6, 6.07) is 3.04. The second-order valence-electron chi connectivity index (χ2n) is 3.98. The summed E-state index contributed by atoms with van der Waals surface area (Å²) in [6.07, 6.45) is 2.20. The summed E-state index contributed by atoms with van der Waals surface area (Å²) in [7, 11) is 0. The molecule has 1 atom stereocenters. The molecule has 0 radical (unpaired) electrons. The topological polar surface area (TPSA) is 26.3 Å². The van der Waals surface area contributed by atoms with E-state index in [9.17, 15) is 13.6 Å². The summed E-state index contributed by atoms with van der Waals surface area (Å²) >= 11 is 0. The van der Waals surface area contributed by atoms with Gasteiger partial charge in [-0.15, -0.1) is 0 Å². The van der Waals surface area contributed by atoms with Gasteiger partial charge in [0.2, 0.25) is 0 Å². The van der Waals surface area contributed by atoms with Crippen molar-refractivity contribution in [2.45, 2.75) is 31.8 Å². The lowest BCUT2D eigenvalue weighted by atomic mass is 9.96. The number of hydrogen-bond donors (Lipinski definition) is 0. The molecule has 0 N–H and O–H groups in total. The Morgan fingerprint density at radius 2 is 1.88 bits per heavy atom. The fraction of sp³-hybridized carbons (Fsp3) is 0.417. The summed E-state index contributed by atoms with van der Waals surface area (Å²) in [5, 5.41) is 0. The van der Waals surface area contributed by atoms with Crippen molar-refractivity contribution in [3.63, 3.8) is 0 Å². The summed E-state index contributed by atoms with van der Waals surface area (Å²) in [4.78, 5) is 11.2. The maximum atomic E-state index is 12.9. The number of hydrogen-bond acceptors (Lipinski definition) is 2. The third-order valence-corrected chi connectivity index (χ3v) is 2.58. The van der Waals surface area contributed by atoms with Crippen molar-refractivity contribution >= 4 is 5.78 Å². The van der Waals surface area contributed by atoms with E-state index >= 15 is 0 Å². The fourth-order valence-corrected chi connectivity index (χ4v) is 1.87. The number of carbonyl (C=O) groups is 1. The average molecular weight is 226 g/mol. The van der Waals surface area contributed by atoms with Crippen LogP contribution in [0.15, 0.2) is 18.2 Å². The van der Waals surface area contributed by atoms with E-state index in [1.807, 2.05) is 0 Å². The molecule has 0 aliphatic heterocycles. The quantitative estimate of drug-likeness (QED) is 0.775. The molecule has 1 aromatic rings. The number of carbonyl (C=O) groups excluding carboxylic acids is 1. The van der Waals surface area contributed by atoms with Gasteiger partial charge in [0.1, 0.15) is 29.3 Å². The van der Waals surface area contributed by atoms with Crippen LogP contribution in [0.5, 0.6) is 5.75 Å². The SMILES string of the molecule is O=C1CCCC(Oc2cc(F)cc(F)c2)C1. The van der Waals surface area contributed by atoms with E-state index in [1.54, 1.807) is 0 Å². The highest BCUT2D eigenvalue weighted by molar-refractivity contribution is 5.79. The van der Waals surface area contributed by atoms with E-state index in [-0.39, 0.29) is 17.6 Å². The van der Waals surface area contributed by atoms with E-state index in [0.29, 0.717) is 12.8 Å². The van der Waals surface area contributed by atoms with Gasteiger partial charge < -0.3 is 4.74 Å². The van der Waals surface area contributed by atoms with Crippen LogP contribution in [0, 0.1) is 11.6 Å². The number of rotatable bonds is 2. The molecule has 1 unspecified atom stereocenters. The predicted octanol–water partition coefficient (Wildman–Crippen LogP) is 2.86. The van der Waals surface area contributed by atoms with Gasteiger partial charge >= 0.3 is 0 Å². The number of ketones is 1. The first-order valence-electron chi connectivity index (χ1n) is 5.28. The summed E-state index contributed by atoms with van der Waals surface area (Å²) in [5.74, 6) is -1.04. The summed E-state index contributed by atoms with van der Waals surface area (Å²) < 4.78 is 31.1. The van der Waals surface area contributed by atoms with Gasteiger partial charge in [-0.05, 0) is 12.8 Å². The highest BCUT2D eigenvalue weighted by atomic mass is 19.1. The maximum absolute atomic E-state index is 12.9. The van der Waals surface area contributed by atoms with Crippen LogP contribution in [0.1, 0.15) is 25.7 Å². The molecule has 1 aliphatic carbocycles. The first-order valence-corrected chi connectivity index (χ1v) is 5.28. The van der Waals surface area contributed by atoms with Gasteiger partial charge in [-0.1, -0.05) is 0 Å². The third-order valence-electron chi connectivity index (χ3n) is 2.58. The van der Waals surface area contributed by atoms with Crippen LogP contribution in [0.4, 0.5) is 8.78 Å².